The zero-order chi connectivity index (χ0) is 22.1. The van der Waals surface area contributed by atoms with Crippen LogP contribution in [0.3, 0.4) is 0 Å². The molecule has 0 radical (unpaired) electrons. The summed E-state index contributed by atoms with van der Waals surface area (Å²) in [5, 5.41) is 1.03. The highest BCUT2D eigenvalue weighted by molar-refractivity contribution is 9.09. The lowest BCUT2D eigenvalue weighted by Gasteiger charge is -2.47. The van der Waals surface area contributed by atoms with Gasteiger partial charge in [-0.3, -0.25) is 0 Å². The Morgan fingerprint density at radius 3 is 2.38 bits per heavy atom. The molecule has 0 unspecified atom stereocenters. The highest BCUT2D eigenvalue weighted by atomic mass is 79.9. The zero-order valence-corrected chi connectivity index (χ0v) is 22.8. The minimum atomic E-state index is -1.93. The maximum Gasteiger partial charge on any atom is 0.192 e. The molecule has 1 aliphatic rings. The molecule has 0 aromatic carbocycles. The van der Waals surface area contributed by atoms with Gasteiger partial charge in [0.2, 0.25) is 0 Å². The summed E-state index contributed by atoms with van der Waals surface area (Å²) >= 11 is 3.54. The van der Waals surface area contributed by atoms with Gasteiger partial charge in [0.15, 0.2) is 8.32 Å². The lowest BCUT2D eigenvalue weighted by molar-refractivity contribution is -0.0878. The van der Waals surface area contributed by atoms with Gasteiger partial charge in [-0.1, -0.05) is 72.2 Å². The first kappa shape index (κ1) is 26.9. The van der Waals surface area contributed by atoms with Crippen LogP contribution in [0.5, 0.6) is 0 Å². The van der Waals surface area contributed by atoms with Crippen LogP contribution in [-0.2, 0) is 9.16 Å². The van der Waals surface area contributed by atoms with Gasteiger partial charge in [-0.25, -0.2) is 0 Å². The van der Waals surface area contributed by atoms with Crippen LogP contribution in [-0.4, -0.2) is 32.0 Å². The third-order valence-electron chi connectivity index (χ3n) is 6.49. The summed E-state index contributed by atoms with van der Waals surface area (Å²) in [5.74, 6) is 0. The first-order chi connectivity index (χ1) is 13.4. The molecular formula is C25H45BrO2Si. The summed E-state index contributed by atoms with van der Waals surface area (Å²) in [6, 6.07) is 0. The highest BCUT2D eigenvalue weighted by Gasteiger charge is 2.46. The summed E-state index contributed by atoms with van der Waals surface area (Å²) < 4.78 is 13.5. The molecule has 1 aliphatic carbocycles. The van der Waals surface area contributed by atoms with Crippen LogP contribution in [0.15, 0.2) is 35.5 Å². The minimum Gasteiger partial charge on any atom is -0.409 e. The summed E-state index contributed by atoms with van der Waals surface area (Å²) in [5.41, 5.74) is 2.64. The molecule has 0 fully saturated rings. The lowest BCUT2D eigenvalue weighted by atomic mass is 9.90. The van der Waals surface area contributed by atoms with E-state index >= 15 is 0 Å². The third kappa shape index (κ3) is 9.24. The molecule has 1 rings (SSSR count). The van der Waals surface area contributed by atoms with E-state index in [0.717, 1.165) is 43.9 Å². The smallest absolute Gasteiger partial charge is 0.192 e. The van der Waals surface area contributed by atoms with Gasteiger partial charge in [-0.15, -0.1) is 0 Å². The molecule has 0 saturated heterocycles. The van der Waals surface area contributed by atoms with Crippen molar-refractivity contribution in [2.75, 3.05) is 11.9 Å². The number of allylic oxidation sites excluding steroid dienone is 5. The molecule has 2 nitrogen and oxygen atoms in total. The first-order valence-corrected chi connectivity index (χ1v) is 15.3. The molecule has 0 amide bonds. The molecule has 0 aliphatic heterocycles. The fourth-order valence-corrected chi connectivity index (χ4v) is 5.41. The largest absolute Gasteiger partial charge is 0.409 e. The van der Waals surface area contributed by atoms with Crippen LogP contribution in [0.1, 0.15) is 80.1 Å². The number of ether oxygens (including phenoxy) is 1. The van der Waals surface area contributed by atoms with Gasteiger partial charge in [0.1, 0.15) is 0 Å². The van der Waals surface area contributed by atoms with Gasteiger partial charge >= 0.3 is 0 Å². The maximum absolute atomic E-state index is 7.08. The van der Waals surface area contributed by atoms with E-state index in [-0.39, 0.29) is 16.7 Å². The average molecular weight is 486 g/mol. The second-order valence-corrected chi connectivity index (χ2v) is 15.8. The van der Waals surface area contributed by atoms with E-state index in [4.69, 9.17) is 9.16 Å². The molecule has 0 saturated carbocycles. The monoisotopic (exact) mass is 484 g/mol. The van der Waals surface area contributed by atoms with Crippen LogP contribution >= 0.6 is 15.9 Å². The van der Waals surface area contributed by atoms with Gasteiger partial charge in [0.05, 0.1) is 18.3 Å². The second-order valence-electron chi connectivity index (χ2n) is 10.3. The van der Waals surface area contributed by atoms with Gasteiger partial charge in [-0.05, 0) is 77.4 Å². The van der Waals surface area contributed by atoms with Crippen LogP contribution in [0.25, 0.3) is 0 Å². The Morgan fingerprint density at radius 1 is 1.10 bits per heavy atom. The van der Waals surface area contributed by atoms with Crippen molar-refractivity contribution in [2.24, 2.45) is 0 Å². The second kappa shape index (κ2) is 12.0. The van der Waals surface area contributed by atoms with E-state index in [2.05, 4.69) is 94.9 Å². The number of hydrogen-bond donors (Lipinski definition) is 0. The fraction of sp³-hybridized carbons (Fsp3) is 0.760. The zero-order valence-electron chi connectivity index (χ0n) is 20.2. The molecule has 4 heteroatoms. The third-order valence-corrected chi connectivity index (χ3v) is 11.4. The van der Waals surface area contributed by atoms with Crippen LogP contribution in [0.2, 0.25) is 18.1 Å². The van der Waals surface area contributed by atoms with Crippen molar-refractivity contribution >= 4 is 24.2 Å². The van der Waals surface area contributed by atoms with Crippen LogP contribution in [0.4, 0.5) is 0 Å². The van der Waals surface area contributed by atoms with Gasteiger partial charge in [0, 0.05) is 5.33 Å². The van der Waals surface area contributed by atoms with Gasteiger partial charge in [0.25, 0.3) is 0 Å². The summed E-state index contributed by atoms with van der Waals surface area (Å²) in [4.78, 5) is 0. The van der Waals surface area contributed by atoms with Crippen molar-refractivity contribution < 1.29 is 9.16 Å². The van der Waals surface area contributed by atoms with E-state index in [9.17, 15) is 0 Å². The first-order valence-electron chi connectivity index (χ1n) is 11.3. The predicted molar refractivity (Wildman–Crippen MR) is 135 cm³/mol. The Bertz CT molecular complexity index is 586. The SMILES string of the molecule is C/C1=C\CC/C(C)=C/CC[C@@](C)(O[Si](C)(C)C(C)(C)C)[C@@H](OCCBr)C/C=C\C1. The van der Waals surface area contributed by atoms with E-state index in [0.29, 0.717) is 6.61 Å². The normalized spacial score (nSPS) is 30.6. The van der Waals surface area contributed by atoms with E-state index in [1.807, 2.05) is 0 Å². The molecule has 0 bridgehead atoms. The Morgan fingerprint density at radius 2 is 1.76 bits per heavy atom. The van der Waals surface area contributed by atoms with Crippen molar-refractivity contribution in [1.82, 2.24) is 0 Å². The Hall–Kier alpha value is -0.163. The van der Waals surface area contributed by atoms with Crippen molar-refractivity contribution in [3.8, 4) is 0 Å². The number of alkyl halides is 1. The van der Waals surface area contributed by atoms with E-state index in [1.54, 1.807) is 0 Å². The Balaban J connectivity index is 3.23. The topological polar surface area (TPSA) is 18.5 Å². The van der Waals surface area contributed by atoms with Gasteiger partial charge in [-0.2, -0.15) is 0 Å². The number of halogens is 1. The van der Waals surface area contributed by atoms with Crippen molar-refractivity contribution in [1.29, 1.82) is 0 Å². The van der Waals surface area contributed by atoms with Crippen molar-refractivity contribution in [2.45, 2.75) is 110 Å². The molecule has 168 valence electrons. The number of rotatable bonds is 5. The maximum atomic E-state index is 7.08. The standard InChI is InChI=1S/C25H45BrO2Si/c1-21-13-9-10-17-23(27-20-19-26)25(6,28-29(7,8)24(3,4)5)18-12-16-22(2)15-11-14-21/h9-10,14,16,23H,11-13,15,17-20H2,1-8H3/b10-9-,21-14+,22-16+/t23-,25+/m0/s1. The van der Waals surface area contributed by atoms with E-state index in [1.165, 1.54) is 11.1 Å². The molecule has 0 N–H and O–H groups in total. The molecule has 2 atom stereocenters. The highest BCUT2D eigenvalue weighted by Crippen LogP contribution is 2.42. The molecule has 29 heavy (non-hydrogen) atoms. The summed E-state index contributed by atoms with van der Waals surface area (Å²) in [7, 11) is -1.93. The average Bonchev–Trinajstić information content (AvgIpc) is 2.58. The summed E-state index contributed by atoms with van der Waals surface area (Å²) in [6.07, 6.45) is 15.7. The summed E-state index contributed by atoms with van der Waals surface area (Å²) in [6.45, 7) is 19.2. The molecule has 0 spiro atoms. The van der Waals surface area contributed by atoms with Crippen LogP contribution in [0, 0.1) is 0 Å². The minimum absolute atomic E-state index is 0.0614. The van der Waals surface area contributed by atoms with Crippen molar-refractivity contribution in [3.05, 3.63) is 35.5 Å². The Labute approximate surface area is 190 Å². The quantitative estimate of drug-likeness (QED) is 0.221. The predicted octanol–water partition coefficient (Wildman–Crippen LogP) is 8.35. The van der Waals surface area contributed by atoms with Gasteiger partial charge < -0.3 is 9.16 Å². The Kier molecular flexibility index (Phi) is 11.1. The lowest BCUT2D eigenvalue weighted by Crippen LogP contribution is -2.54. The fourth-order valence-electron chi connectivity index (χ4n) is 3.52. The number of hydrogen-bond acceptors (Lipinski definition) is 2. The molecular weight excluding hydrogens is 440 g/mol. The van der Waals surface area contributed by atoms with E-state index < -0.39 is 8.32 Å². The molecule has 0 aromatic rings. The molecule has 0 heterocycles. The van der Waals surface area contributed by atoms with Crippen LogP contribution < -0.4 is 0 Å². The molecule has 0 aromatic heterocycles. The van der Waals surface area contributed by atoms with Crippen molar-refractivity contribution in [3.63, 3.8) is 0 Å².